The summed E-state index contributed by atoms with van der Waals surface area (Å²) in [5.74, 6) is 0. The maximum atomic E-state index is 8.08. The Kier molecular flexibility index (Phi) is 4.15. The van der Waals surface area contributed by atoms with Crippen LogP contribution in [0.25, 0.3) is 22.4 Å². The van der Waals surface area contributed by atoms with Crippen molar-refractivity contribution in [2.75, 3.05) is 0 Å². The molecule has 0 unspecified atom stereocenters. The number of hydrogen-bond donors (Lipinski definition) is 0. The number of rotatable bonds is 3. The van der Waals surface area contributed by atoms with Gasteiger partial charge in [0.2, 0.25) is 5.69 Å². The molecule has 0 aliphatic rings. The zero-order valence-corrected chi connectivity index (χ0v) is 18.6. The van der Waals surface area contributed by atoms with E-state index in [1.54, 1.807) is 0 Å². The van der Waals surface area contributed by atoms with E-state index in [1.807, 2.05) is 44.2 Å². The van der Waals surface area contributed by atoms with Crippen LogP contribution < -0.4 is 9.75 Å². The Morgan fingerprint density at radius 1 is 0.815 bits per heavy atom. The predicted octanol–water partition coefficient (Wildman–Crippen LogP) is 5.62. The minimum absolute atomic E-state index is 0.408. The van der Waals surface area contributed by atoms with E-state index in [0.717, 1.165) is 33.5 Å². The lowest BCUT2D eigenvalue weighted by molar-refractivity contribution is -0.659. The lowest BCUT2D eigenvalue weighted by atomic mass is 9.92. The Bertz CT molecular complexity index is 1090. The van der Waals surface area contributed by atoms with Crippen molar-refractivity contribution < 1.29 is 8.68 Å². The van der Waals surface area contributed by atoms with Crippen molar-refractivity contribution >= 4 is 13.3 Å². The zero-order valence-electron chi connectivity index (χ0n) is 20.6. The van der Waals surface area contributed by atoms with Gasteiger partial charge in [0.25, 0.3) is 0 Å². The summed E-state index contributed by atoms with van der Waals surface area (Å²) in [4.78, 5) is 0. The molecule has 0 fully saturated rings. The predicted molar refractivity (Wildman–Crippen MR) is 120 cm³/mol. The monoisotopic (exact) mass is 377 g/mol. The van der Waals surface area contributed by atoms with Gasteiger partial charge in [0.05, 0.1) is 8.07 Å². The van der Waals surface area contributed by atoms with Gasteiger partial charge in [0, 0.05) is 20.9 Å². The molecule has 0 radical (unpaired) electrons. The fourth-order valence-corrected chi connectivity index (χ4v) is 5.59. The molecule has 27 heavy (non-hydrogen) atoms. The van der Waals surface area contributed by atoms with Crippen molar-refractivity contribution in [3.63, 3.8) is 0 Å². The first kappa shape index (κ1) is 15.8. The van der Waals surface area contributed by atoms with Crippen molar-refractivity contribution in [1.82, 2.24) is 0 Å². The summed E-state index contributed by atoms with van der Waals surface area (Å²) in [5.41, 5.74) is 7.75. The molecule has 3 aromatic rings. The number of aromatic nitrogens is 1. The van der Waals surface area contributed by atoms with E-state index >= 15 is 0 Å². The standard InChI is InChI=1S/C25H32NSi/c1-17-9-11-21(12-10-17)22-15-23(19(3)13-18(22)2)24-14-20(4)25(16-26(24)5)27(6,7)8/h9-16H,1-8H3/q+1/i2D3. The van der Waals surface area contributed by atoms with E-state index in [4.69, 9.17) is 4.11 Å². The first-order valence-corrected chi connectivity index (χ1v) is 13.0. The van der Waals surface area contributed by atoms with E-state index in [-0.39, 0.29) is 0 Å². The molecule has 1 aromatic heterocycles. The third kappa shape index (κ3) is 3.91. The summed E-state index contributed by atoms with van der Waals surface area (Å²) in [6.45, 7) is 11.2. The molecule has 0 N–H and O–H groups in total. The largest absolute Gasteiger partial charge is 0.212 e. The number of nitrogens with zero attached hydrogens (tertiary/aromatic N) is 1. The fourth-order valence-electron chi connectivity index (χ4n) is 3.76. The highest BCUT2D eigenvalue weighted by molar-refractivity contribution is 6.88. The van der Waals surface area contributed by atoms with Gasteiger partial charge in [-0.3, -0.25) is 0 Å². The quantitative estimate of drug-likeness (QED) is 0.412. The third-order valence-electron chi connectivity index (χ3n) is 5.29. The lowest BCUT2D eigenvalue weighted by Gasteiger charge is -2.19. The lowest BCUT2D eigenvalue weighted by Crippen LogP contribution is -2.46. The first-order valence-electron chi connectivity index (χ1n) is 11.0. The fraction of sp³-hybridized carbons (Fsp3) is 0.320. The van der Waals surface area contributed by atoms with Crippen LogP contribution in [0.15, 0.2) is 48.7 Å². The molecule has 0 saturated carbocycles. The van der Waals surface area contributed by atoms with Crippen LogP contribution in [-0.2, 0) is 7.05 Å². The van der Waals surface area contributed by atoms with Crippen molar-refractivity contribution in [1.29, 1.82) is 0 Å². The minimum atomic E-state index is -2.16. The Hall–Kier alpha value is -2.19. The summed E-state index contributed by atoms with van der Waals surface area (Å²) >= 11 is 0. The van der Waals surface area contributed by atoms with E-state index in [0.29, 0.717) is 5.56 Å². The normalized spacial score (nSPS) is 13.8. The maximum absolute atomic E-state index is 8.08. The topological polar surface area (TPSA) is 3.88 Å². The third-order valence-corrected chi connectivity index (χ3v) is 7.43. The van der Waals surface area contributed by atoms with Gasteiger partial charge in [-0.2, -0.15) is 0 Å². The number of hydrogen-bond acceptors (Lipinski definition) is 0. The van der Waals surface area contributed by atoms with Crippen LogP contribution in [0.3, 0.4) is 0 Å². The Morgan fingerprint density at radius 2 is 1.48 bits per heavy atom. The molecular formula is C25H32NSi+. The van der Waals surface area contributed by atoms with E-state index in [9.17, 15) is 0 Å². The first-order chi connectivity index (χ1) is 13.8. The second kappa shape index (κ2) is 7.08. The molecule has 0 bridgehead atoms. The number of aryl methyl sites for hydroxylation is 5. The summed E-state index contributed by atoms with van der Waals surface area (Å²) in [7, 11) is 0.640. The Labute approximate surface area is 169 Å². The van der Waals surface area contributed by atoms with Crippen LogP contribution in [0.5, 0.6) is 0 Å². The van der Waals surface area contributed by atoms with E-state index in [1.165, 1.54) is 10.8 Å². The minimum Gasteiger partial charge on any atom is -0.201 e. The smallest absolute Gasteiger partial charge is 0.201 e. The van der Waals surface area contributed by atoms with E-state index in [2.05, 4.69) is 56.5 Å². The molecule has 140 valence electrons. The van der Waals surface area contributed by atoms with Crippen LogP contribution in [0, 0.1) is 27.6 Å². The summed E-state index contributed by atoms with van der Waals surface area (Å²) in [6, 6.07) is 14.3. The molecule has 3 rings (SSSR count). The van der Waals surface area contributed by atoms with Gasteiger partial charge in [-0.25, -0.2) is 4.57 Å². The van der Waals surface area contributed by atoms with Gasteiger partial charge in [-0.1, -0.05) is 55.5 Å². The molecule has 2 aromatic carbocycles. The SMILES string of the molecule is [2H]C([2H])([2H])c1cc(C)c(-c2cc(C)c([Si](C)(C)C)c[n+]2C)cc1-c1ccc(C)cc1. The molecule has 1 nitrogen and oxygen atoms in total. The zero-order chi connectivity index (χ0) is 22.4. The molecular weight excluding hydrogens is 342 g/mol. The van der Waals surface area contributed by atoms with Crippen LogP contribution in [0.1, 0.15) is 26.4 Å². The summed E-state index contributed by atoms with van der Waals surface area (Å²) < 4.78 is 26.4. The van der Waals surface area contributed by atoms with Gasteiger partial charge in [-0.05, 0) is 61.5 Å². The molecule has 0 amide bonds. The highest BCUT2D eigenvalue weighted by Gasteiger charge is 2.25. The van der Waals surface area contributed by atoms with Crippen molar-refractivity contribution in [2.24, 2.45) is 7.05 Å². The van der Waals surface area contributed by atoms with Crippen molar-refractivity contribution in [2.45, 2.75) is 47.3 Å². The molecule has 0 aliphatic carbocycles. The Balaban J connectivity index is 2.28. The van der Waals surface area contributed by atoms with Crippen LogP contribution in [0.4, 0.5) is 0 Å². The van der Waals surface area contributed by atoms with Gasteiger partial charge in [0.15, 0.2) is 6.20 Å². The molecule has 0 atom stereocenters. The average molecular weight is 378 g/mol. The number of pyridine rings is 1. The average Bonchev–Trinajstić information content (AvgIpc) is 2.62. The van der Waals surface area contributed by atoms with Crippen molar-refractivity contribution in [3.05, 3.63) is 70.9 Å². The summed E-state index contributed by atoms with van der Waals surface area (Å²) in [6.07, 6.45) is 2.26. The Morgan fingerprint density at radius 3 is 2.07 bits per heavy atom. The number of benzene rings is 2. The van der Waals surface area contributed by atoms with Crippen LogP contribution >= 0.6 is 0 Å². The van der Waals surface area contributed by atoms with Gasteiger partial charge >= 0.3 is 0 Å². The molecule has 2 heteroatoms. The summed E-state index contributed by atoms with van der Waals surface area (Å²) in [5, 5.41) is 1.45. The van der Waals surface area contributed by atoms with Gasteiger partial charge in [0.1, 0.15) is 7.05 Å². The van der Waals surface area contributed by atoms with E-state index < -0.39 is 14.9 Å². The molecule has 1 heterocycles. The highest BCUT2D eigenvalue weighted by Crippen LogP contribution is 2.31. The van der Waals surface area contributed by atoms with Crippen LogP contribution in [0.2, 0.25) is 19.6 Å². The second-order valence-corrected chi connectivity index (χ2v) is 13.7. The maximum Gasteiger partial charge on any atom is 0.212 e. The molecule has 0 aliphatic heterocycles. The highest BCUT2D eigenvalue weighted by atomic mass is 28.3. The molecule has 0 spiro atoms. The second-order valence-electron chi connectivity index (χ2n) is 8.70. The molecule has 0 saturated heterocycles. The van der Waals surface area contributed by atoms with Gasteiger partial charge < -0.3 is 0 Å². The van der Waals surface area contributed by atoms with Crippen LogP contribution in [-0.4, -0.2) is 8.07 Å². The van der Waals surface area contributed by atoms with Gasteiger partial charge in [-0.15, -0.1) is 0 Å². The van der Waals surface area contributed by atoms with Crippen molar-refractivity contribution in [3.8, 4) is 22.4 Å².